The molecule has 2 fully saturated rings. The molecule has 28 heavy (non-hydrogen) atoms. The summed E-state index contributed by atoms with van der Waals surface area (Å²) in [5, 5.41) is 8.59. The Hall–Kier alpha value is -2.63. The fraction of sp³-hybridized carbons (Fsp3) is 0.500. The molecule has 146 valence electrons. The van der Waals surface area contributed by atoms with E-state index in [1.807, 2.05) is 32.2 Å². The molecule has 2 bridgehead atoms. The van der Waals surface area contributed by atoms with Crippen LogP contribution in [0.4, 0.5) is 0 Å². The van der Waals surface area contributed by atoms with Crippen molar-refractivity contribution in [3.05, 3.63) is 35.7 Å². The van der Waals surface area contributed by atoms with Gasteiger partial charge in [0.25, 0.3) is 5.91 Å². The van der Waals surface area contributed by atoms with Gasteiger partial charge in [0.2, 0.25) is 0 Å². The third-order valence-electron chi connectivity index (χ3n) is 6.78. The summed E-state index contributed by atoms with van der Waals surface area (Å²) in [5.41, 5.74) is 2.79. The van der Waals surface area contributed by atoms with Crippen molar-refractivity contribution < 1.29 is 9.21 Å². The first-order valence-corrected chi connectivity index (χ1v) is 10.2. The molecule has 1 amide bonds. The smallest absolute Gasteiger partial charge is 0.252 e. The van der Waals surface area contributed by atoms with E-state index < -0.39 is 0 Å². The summed E-state index contributed by atoms with van der Waals surface area (Å²) in [6.07, 6.45) is 6.90. The van der Waals surface area contributed by atoms with Gasteiger partial charge in [-0.05, 0) is 69.1 Å². The second-order valence-corrected chi connectivity index (χ2v) is 8.54. The van der Waals surface area contributed by atoms with E-state index in [-0.39, 0.29) is 11.9 Å². The third kappa shape index (κ3) is 2.74. The molecule has 2 aliphatic carbocycles. The number of nitrogens with one attached hydrogen (secondary N) is 1. The topological polar surface area (TPSA) is 73.0 Å². The third-order valence-corrected chi connectivity index (χ3v) is 6.78. The molecule has 4 atom stereocenters. The highest BCUT2D eigenvalue weighted by atomic mass is 16.3. The molecule has 0 saturated heterocycles. The van der Waals surface area contributed by atoms with Crippen molar-refractivity contribution >= 4 is 16.9 Å². The normalized spacial score (nSPS) is 24.8. The number of furan rings is 1. The van der Waals surface area contributed by atoms with Crippen LogP contribution in [0, 0.1) is 24.7 Å². The van der Waals surface area contributed by atoms with Gasteiger partial charge < -0.3 is 9.73 Å². The minimum atomic E-state index is -0.0495. The summed E-state index contributed by atoms with van der Waals surface area (Å²) in [4.78, 5) is 18.0. The first kappa shape index (κ1) is 17.5. The first-order valence-electron chi connectivity index (χ1n) is 10.2. The Balaban J connectivity index is 1.51. The van der Waals surface area contributed by atoms with E-state index in [0.717, 1.165) is 22.9 Å². The Morgan fingerprint density at radius 2 is 2.21 bits per heavy atom. The minimum Gasteiger partial charge on any atom is -0.463 e. The van der Waals surface area contributed by atoms with E-state index in [9.17, 15) is 4.79 Å². The predicted molar refractivity (Wildman–Crippen MR) is 107 cm³/mol. The summed E-state index contributed by atoms with van der Waals surface area (Å²) in [5.74, 6) is 2.84. The number of carbonyl (C=O) groups excluding carboxylic acids is 1. The van der Waals surface area contributed by atoms with Crippen molar-refractivity contribution in [2.24, 2.45) is 24.8 Å². The largest absolute Gasteiger partial charge is 0.463 e. The summed E-state index contributed by atoms with van der Waals surface area (Å²) < 4.78 is 7.25. The molecule has 0 unspecified atom stereocenters. The fourth-order valence-corrected chi connectivity index (χ4v) is 5.47. The van der Waals surface area contributed by atoms with Crippen LogP contribution in [0.3, 0.4) is 0 Å². The van der Waals surface area contributed by atoms with E-state index in [0.29, 0.717) is 28.6 Å². The van der Waals surface area contributed by atoms with Gasteiger partial charge in [-0.2, -0.15) is 5.10 Å². The molecule has 0 spiro atoms. The average molecular weight is 378 g/mol. The number of pyridine rings is 1. The van der Waals surface area contributed by atoms with E-state index in [4.69, 9.17) is 9.40 Å². The molecule has 0 radical (unpaired) electrons. The number of rotatable bonds is 4. The number of hydrogen-bond acceptors (Lipinski definition) is 4. The maximum atomic E-state index is 13.3. The van der Waals surface area contributed by atoms with Crippen LogP contribution in [-0.4, -0.2) is 26.7 Å². The average Bonchev–Trinajstić information content (AvgIpc) is 3.46. The van der Waals surface area contributed by atoms with Gasteiger partial charge in [0.15, 0.2) is 11.4 Å². The number of nitrogens with zero attached hydrogens (tertiary/aromatic N) is 3. The van der Waals surface area contributed by atoms with Crippen LogP contribution < -0.4 is 5.32 Å². The molecular weight excluding hydrogens is 352 g/mol. The lowest BCUT2D eigenvalue weighted by molar-refractivity contribution is 0.0917. The second kappa shape index (κ2) is 6.47. The molecule has 6 heteroatoms. The van der Waals surface area contributed by atoms with Gasteiger partial charge in [-0.25, -0.2) is 4.98 Å². The maximum Gasteiger partial charge on any atom is 0.252 e. The van der Waals surface area contributed by atoms with Crippen molar-refractivity contribution in [2.75, 3.05) is 0 Å². The zero-order chi connectivity index (χ0) is 19.4. The van der Waals surface area contributed by atoms with E-state index in [1.165, 1.54) is 25.7 Å². The van der Waals surface area contributed by atoms with Crippen LogP contribution >= 0.6 is 0 Å². The molecular formula is C22H26N4O2. The fourth-order valence-electron chi connectivity index (χ4n) is 5.47. The molecule has 0 aromatic carbocycles. The Labute approximate surface area is 164 Å². The molecule has 3 heterocycles. The van der Waals surface area contributed by atoms with Crippen LogP contribution in [0.15, 0.2) is 28.9 Å². The Morgan fingerprint density at radius 3 is 2.89 bits per heavy atom. The lowest BCUT2D eigenvalue weighted by Gasteiger charge is -2.28. The number of fused-ring (bicyclic) bond motifs is 3. The van der Waals surface area contributed by atoms with Gasteiger partial charge in [0.1, 0.15) is 5.69 Å². The number of aromatic nitrogens is 3. The molecule has 1 N–H and O–H groups in total. The van der Waals surface area contributed by atoms with Crippen molar-refractivity contribution in [3.8, 4) is 11.5 Å². The van der Waals surface area contributed by atoms with Crippen LogP contribution in [0.5, 0.6) is 0 Å². The molecule has 3 aromatic heterocycles. The van der Waals surface area contributed by atoms with Gasteiger partial charge in [0, 0.05) is 13.1 Å². The van der Waals surface area contributed by atoms with Crippen LogP contribution in [0.25, 0.3) is 22.5 Å². The summed E-state index contributed by atoms with van der Waals surface area (Å²) in [6, 6.07) is 5.69. The Bertz CT molecular complexity index is 1040. The zero-order valence-corrected chi connectivity index (χ0v) is 16.6. The van der Waals surface area contributed by atoms with Crippen LogP contribution in [0.1, 0.15) is 48.7 Å². The molecule has 0 aliphatic heterocycles. The van der Waals surface area contributed by atoms with E-state index >= 15 is 0 Å². The van der Waals surface area contributed by atoms with Crippen LogP contribution in [0.2, 0.25) is 0 Å². The molecule has 6 nitrogen and oxygen atoms in total. The quantitative estimate of drug-likeness (QED) is 0.742. The molecule has 2 saturated carbocycles. The lowest BCUT2D eigenvalue weighted by Crippen LogP contribution is -2.40. The van der Waals surface area contributed by atoms with Gasteiger partial charge >= 0.3 is 0 Å². The number of carbonyl (C=O) groups is 1. The van der Waals surface area contributed by atoms with Gasteiger partial charge in [0.05, 0.1) is 22.9 Å². The number of hydrogen-bond donors (Lipinski definition) is 1. The maximum absolute atomic E-state index is 13.3. The van der Waals surface area contributed by atoms with Gasteiger partial charge in [-0.15, -0.1) is 0 Å². The SMILES string of the molecule is Cc1nn(C)c2nc(-c3ccco3)cc(C(=O)N[C@H](C)[C@H]3C[C@@H]4CC[C@@H]3C4)c12. The minimum absolute atomic E-state index is 0.0495. The monoisotopic (exact) mass is 378 g/mol. The highest BCUT2D eigenvalue weighted by Crippen LogP contribution is 2.49. The summed E-state index contributed by atoms with van der Waals surface area (Å²) in [6.45, 7) is 4.08. The van der Waals surface area contributed by atoms with E-state index in [2.05, 4.69) is 17.3 Å². The number of amides is 1. The predicted octanol–water partition coefficient (Wildman–Crippen LogP) is 4.09. The van der Waals surface area contributed by atoms with Crippen molar-refractivity contribution in [1.82, 2.24) is 20.1 Å². The summed E-state index contributed by atoms with van der Waals surface area (Å²) in [7, 11) is 1.85. The van der Waals surface area contributed by atoms with Crippen LogP contribution in [-0.2, 0) is 7.05 Å². The highest BCUT2D eigenvalue weighted by Gasteiger charge is 2.42. The van der Waals surface area contributed by atoms with Crippen molar-refractivity contribution in [3.63, 3.8) is 0 Å². The Kier molecular flexibility index (Phi) is 4.03. The highest BCUT2D eigenvalue weighted by molar-refractivity contribution is 6.07. The standard InChI is InChI=1S/C22H26N4O2/c1-12(16-10-14-6-7-15(16)9-14)23-22(27)17-11-18(19-5-4-8-28-19)24-21-20(17)13(2)25-26(21)3/h4-5,8,11-12,14-16H,6-7,9-10H2,1-3H3,(H,23,27)/t12-,14-,15-,16-/m1/s1. The molecule has 5 rings (SSSR count). The zero-order valence-electron chi connectivity index (χ0n) is 16.6. The Morgan fingerprint density at radius 1 is 1.36 bits per heavy atom. The summed E-state index contributed by atoms with van der Waals surface area (Å²) >= 11 is 0. The van der Waals surface area contributed by atoms with Gasteiger partial charge in [-0.3, -0.25) is 9.48 Å². The molecule has 2 aliphatic rings. The molecule has 3 aromatic rings. The lowest BCUT2D eigenvalue weighted by atomic mass is 9.84. The van der Waals surface area contributed by atoms with Crippen molar-refractivity contribution in [1.29, 1.82) is 0 Å². The van der Waals surface area contributed by atoms with Crippen molar-refractivity contribution in [2.45, 2.75) is 45.6 Å². The van der Waals surface area contributed by atoms with E-state index in [1.54, 1.807) is 10.9 Å². The second-order valence-electron chi connectivity index (χ2n) is 8.54. The first-order chi connectivity index (χ1) is 13.5. The number of aryl methyl sites for hydroxylation is 2. The van der Waals surface area contributed by atoms with Gasteiger partial charge in [-0.1, -0.05) is 6.42 Å².